The predicted octanol–water partition coefficient (Wildman–Crippen LogP) is 5.03. The number of sulfonamides is 1. The van der Waals surface area contributed by atoms with Crippen LogP contribution in [0.15, 0.2) is 82.2 Å². The largest absolute Gasteiger partial charge is 0.492 e. The SMILES string of the molecule is CCOc1ccc(S(=O)(=O)N[C@@H](Cc2ccccc2)C(=O)Nc2ccc(Br)cc2)cc1Cl. The summed E-state index contributed by atoms with van der Waals surface area (Å²) in [5, 5.41) is 2.94. The molecule has 0 heterocycles. The lowest BCUT2D eigenvalue weighted by Gasteiger charge is -2.19. The van der Waals surface area contributed by atoms with Gasteiger partial charge < -0.3 is 10.1 Å². The van der Waals surface area contributed by atoms with Gasteiger partial charge in [0.15, 0.2) is 0 Å². The number of hydrogen-bond acceptors (Lipinski definition) is 4. The molecule has 0 saturated heterocycles. The van der Waals surface area contributed by atoms with Crippen LogP contribution in [0.5, 0.6) is 5.75 Å². The van der Waals surface area contributed by atoms with Gasteiger partial charge in [-0.05, 0) is 61.4 Å². The topological polar surface area (TPSA) is 84.5 Å². The van der Waals surface area contributed by atoms with Crippen molar-refractivity contribution in [3.63, 3.8) is 0 Å². The number of hydrogen-bond donors (Lipinski definition) is 2. The van der Waals surface area contributed by atoms with Crippen LogP contribution in [0.25, 0.3) is 0 Å². The van der Waals surface area contributed by atoms with Crippen molar-refractivity contribution in [3.8, 4) is 5.75 Å². The van der Waals surface area contributed by atoms with Crippen LogP contribution < -0.4 is 14.8 Å². The van der Waals surface area contributed by atoms with E-state index in [0.29, 0.717) is 18.0 Å². The Morgan fingerprint density at radius 3 is 2.38 bits per heavy atom. The fourth-order valence-corrected chi connectivity index (χ4v) is 4.76. The van der Waals surface area contributed by atoms with Crippen LogP contribution in [0, 0.1) is 0 Å². The average Bonchev–Trinajstić information content (AvgIpc) is 2.77. The van der Waals surface area contributed by atoms with E-state index < -0.39 is 22.0 Å². The van der Waals surface area contributed by atoms with Gasteiger partial charge in [0.25, 0.3) is 0 Å². The molecule has 168 valence electrons. The summed E-state index contributed by atoms with van der Waals surface area (Å²) < 4.78 is 34.9. The molecule has 6 nitrogen and oxygen atoms in total. The smallest absolute Gasteiger partial charge is 0.242 e. The van der Waals surface area contributed by atoms with Crippen molar-refractivity contribution in [2.24, 2.45) is 0 Å². The third-order valence-electron chi connectivity index (χ3n) is 4.52. The fraction of sp³-hybridized carbons (Fsp3) is 0.174. The first-order valence-electron chi connectivity index (χ1n) is 9.83. The van der Waals surface area contributed by atoms with Crippen LogP contribution in [0.1, 0.15) is 12.5 Å². The molecule has 0 unspecified atom stereocenters. The molecule has 2 N–H and O–H groups in total. The Morgan fingerprint density at radius 2 is 1.75 bits per heavy atom. The molecular formula is C23H22BrClN2O4S. The van der Waals surface area contributed by atoms with E-state index in [4.69, 9.17) is 16.3 Å². The van der Waals surface area contributed by atoms with Gasteiger partial charge in [0.1, 0.15) is 11.8 Å². The Balaban J connectivity index is 1.86. The number of anilines is 1. The van der Waals surface area contributed by atoms with Gasteiger partial charge in [-0.25, -0.2) is 8.42 Å². The number of rotatable bonds is 9. The highest BCUT2D eigenvalue weighted by molar-refractivity contribution is 9.10. The molecule has 0 aliphatic heterocycles. The maximum atomic E-state index is 13.1. The van der Waals surface area contributed by atoms with Crippen LogP contribution in [-0.4, -0.2) is 27.0 Å². The zero-order valence-electron chi connectivity index (χ0n) is 17.2. The lowest BCUT2D eigenvalue weighted by Crippen LogP contribution is -2.45. The molecule has 1 atom stereocenters. The van der Waals surface area contributed by atoms with Crippen molar-refractivity contribution in [1.82, 2.24) is 4.72 Å². The summed E-state index contributed by atoms with van der Waals surface area (Å²) in [5.41, 5.74) is 1.37. The van der Waals surface area contributed by atoms with Crippen molar-refractivity contribution in [1.29, 1.82) is 0 Å². The maximum Gasteiger partial charge on any atom is 0.242 e. The number of carbonyl (C=O) groups is 1. The molecule has 3 aromatic rings. The Hall–Kier alpha value is -2.39. The Labute approximate surface area is 201 Å². The molecule has 0 radical (unpaired) electrons. The highest BCUT2D eigenvalue weighted by Gasteiger charge is 2.27. The second kappa shape index (κ2) is 11.0. The average molecular weight is 538 g/mol. The highest BCUT2D eigenvalue weighted by atomic mass is 79.9. The fourth-order valence-electron chi connectivity index (χ4n) is 2.98. The molecule has 0 aromatic heterocycles. The summed E-state index contributed by atoms with van der Waals surface area (Å²) >= 11 is 9.51. The third kappa shape index (κ3) is 6.56. The van der Waals surface area contributed by atoms with Crippen LogP contribution in [0.4, 0.5) is 5.69 Å². The Morgan fingerprint density at radius 1 is 1.06 bits per heavy atom. The van der Waals surface area contributed by atoms with Crippen molar-refractivity contribution in [2.75, 3.05) is 11.9 Å². The molecule has 3 rings (SSSR count). The lowest BCUT2D eigenvalue weighted by atomic mass is 10.1. The number of carbonyl (C=O) groups excluding carboxylic acids is 1. The standard InChI is InChI=1S/C23H22BrClN2O4S/c1-2-31-22-13-12-19(15-20(22)25)32(29,30)27-21(14-16-6-4-3-5-7-16)23(28)26-18-10-8-17(24)9-11-18/h3-13,15,21,27H,2,14H2,1H3,(H,26,28)/t21-/m0/s1. The predicted molar refractivity (Wildman–Crippen MR) is 130 cm³/mol. The molecule has 32 heavy (non-hydrogen) atoms. The van der Waals surface area contributed by atoms with Gasteiger partial charge in [-0.15, -0.1) is 0 Å². The zero-order chi connectivity index (χ0) is 23.1. The van der Waals surface area contributed by atoms with Gasteiger partial charge >= 0.3 is 0 Å². The van der Waals surface area contributed by atoms with Gasteiger partial charge in [0.05, 0.1) is 16.5 Å². The molecule has 0 aliphatic rings. The number of ether oxygens (including phenoxy) is 1. The van der Waals surface area contributed by atoms with Crippen LogP contribution in [-0.2, 0) is 21.2 Å². The van der Waals surface area contributed by atoms with Gasteiger partial charge in [-0.1, -0.05) is 57.9 Å². The summed E-state index contributed by atoms with van der Waals surface area (Å²) in [7, 11) is -4.04. The molecule has 3 aromatic carbocycles. The van der Waals surface area contributed by atoms with Crippen molar-refractivity contribution in [3.05, 3.63) is 87.9 Å². The Bertz CT molecular complexity index is 1170. The van der Waals surface area contributed by atoms with E-state index in [2.05, 4.69) is 26.0 Å². The molecule has 0 aliphatic carbocycles. The molecule has 0 fully saturated rings. The van der Waals surface area contributed by atoms with Crippen LogP contribution in [0.3, 0.4) is 0 Å². The quantitative estimate of drug-likeness (QED) is 0.401. The summed E-state index contributed by atoms with van der Waals surface area (Å²) in [6.07, 6.45) is 0.174. The molecule has 1 amide bonds. The molecule has 0 spiro atoms. The van der Waals surface area contributed by atoms with E-state index in [-0.39, 0.29) is 16.3 Å². The van der Waals surface area contributed by atoms with E-state index in [9.17, 15) is 13.2 Å². The third-order valence-corrected chi connectivity index (χ3v) is 6.82. The van der Waals surface area contributed by atoms with Crippen molar-refractivity contribution in [2.45, 2.75) is 24.3 Å². The minimum absolute atomic E-state index is 0.0551. The first-order valence-corrected chi connectivity index (χ1v) is 12.5. The minimum Gasteiger partial charge on any atom is -0.492 e. The summed E-state index contributed by atoms with van der Waals surface area (Å²) in [6.45, 7) is 2.21. The second-order valence-corrected chi connectivity index (χ2v) is 9.92. The van der Waals surface area contributed by atoms with Gasteiger partial charge in [-0.2, -0.15) is 4.72 Å². The number of amides is 1. The van der Waals surface area contributed by atoms with E-state index in [1.54, 1.807) is 31.2 Å². The second-order valence-electron chi connectivity index (χ2n) is 6.88. The number of nitrogens with one attached hydrogen (secondary N) is 2. The summed E-state index contributed by atoms with van der Waals surface area (Å²) in [4.78, 5) is 13.0. The molecule has 0 saturated carbocycles. The number of benzene rings is 3. The highest BCUT2D eigenvalue weighted by Crippen LogP contribution is 2.27. The van der Waals surface area contributed by atoms with Crippen molar-refractivity contribution < 1.29 is 17.9 Å². The molecular weight excluding hydrogens is 516 g/mol. The zero-order valence-corrected chi connectivity index (χ0v) is 20.4. The normalized spacial score (nSPS) is 12.2. The van der Waals surface area contributed by atoms with Crippen molar-refractivity contribution >= 4 is 49.1 Å². The van der Waals surface area contributed by atoms with Gasteiger partial charge in [0, 0.05) is 10.2 Å². The first kappa shape index (κ1) is 24.3. The first-order chi connectivity index (χ1) is 15.3. The van der Waals surface area contributed by atoms with Gasteiger partial charge in [-0.3, -0.25) is 4.79 Å². The summed E-state index contributed by atoms with van der Waals surface area (Å²) in [6, 6.07) is 19.4. The van der Waals surface area contributed by atoms with E-state index in [0.717, 1.165) is 10.0 Å². The summed E-state index contributed by atoms with van der Waals surface area (Å²) in [5.74, 6) is -0.0845. The maximum absolute atomic E-state index is 13.1. The van der Waals surface area contributed by atoms with E-state index in [1.807, 2.05) is 30.3 Å². The minimum atomic E-state index is -4.04. The van der Waals surface area contributed by atoms with Crippen LogP contribution >= 0.6 is 27.5 Å². The van der Waals surface area contributed by atoms with Gasteiger partial charge in [0.2, 0.25) is 15.9 Å². The van der Waals surface area contributed by atoms with Crippen LogP contribution in [0.2, 0.25) is 5.02 Å². The lowest BCUT2D eigenvalue weighted by molar-refractivity contribution is -0.117. The Kier molecular flexibility index (Phi) is 8.31. The van der Waals surface area contributed by atoms with E-state index in [1.165, 1.54) is 18.2 Å². The van der Waals surface area contributed by atoms with E-state index >= 15 is 0 Å². The number of halogens is 2. The molecule has 0 bridgehead atoms. The monoisotopic (exact) mass is 536 g/mol. The molecule has 9 heteroatoms.